The fourth-order valence-electron chi connectivity index (χ4n) is 3.54. The molecule has 0 fully saturated rings. The number of carbonyl (C=O) groups excluding carboxylic acids is 1. The van der Waals surface area contributed by atoms with E-state index in [1.54, 1.807) is 0 Å². The molecule has 0 aliphatic carbocycles. The van der Waals surface area contributed by atoms with Gasteiger partial charge in [0.15, 0.2) is 11.4 Å². The maximum atomic E-state index is 13.3. The molecule has 0 atom stereocenters. The summed E-state index contributed by atoms with van der Waals surface area (Å²) in [5.74, 6) is -0.792. The van der Waals surface area contributed by atoms with Crippen LogP contribution in [0.2, 0.25) is 0 Å². The summed E-state index contributed by atoms with van der Waals surface area (Å²) >= 11 is 0. The first-order chi connectivity index (χ1) is 19.2. The molecule has 0 saturated carbocycles. The summed E-state index contributed by atoms with van der Waals surface area (Å²) in [5, 5.41) is 14.8. The van der Waals surface area contributed by atoms with E-state index in [1.165, 1.54) is 43.2 Å². The molecule has 214 valence electrons. The number of rotatable bonds is 8. The van der Waals surface area contributed by atoms with Gasteiger partial charge in [-0.3, -0.25) is 13.8 Å². The van der Waals surface area contributed by atoms with Gasteiger partial charge in [0, 0.05) is 32.6 Å². The molecule has 0 aliphatic heterocycles. The van der Waals surface area contributed by atoms with Gasteiger partial charge in [-0.15, -0.1) is 0 Å². The molecule has 0 aromatic carbocycles. The second kappa shape index (κ2) is 10.9. The van der Waals surface area contributed by atoms with Gasteiger partial charge < -0.3 is 24.5 Å². The Morgan fingerprint density at radius 3 is 2.61 bits per heavy atom. The number of nitrogens with zero attached hydrogens (tertiary/aromatic N) is 6. The summed E-state index contributed by atoms with van der Waals surface area (Å²) in [6.45, 7) is -0.770. The molecular formula is C23H19F3N8O6S. The van der Waals surface area contributed by atoms with Crippen molar-refractivity contribution in [3.05, 3.63) is 58.3 Å². The highest BCUT2D eigenvalue weighted by Crippen LogP contribution is 2.33. The molecule has 2 N–H and O–H groups in total. The number of alkyl halides is 3. The van der Waals surface area contributed by atoms with Crippen molar-refractivity contribution in [2.24, 2.45) is 14.1 Å². The second-order valence-electron chi connectivity index (χ2n) is 8.45. The van der Waals surface area contributed by atoms with Gasteiger partial charge in [-0.25, -0.2) is 9.97 Å². The molecule has 4 aromatic heterocycles. The molecular weight excluding hydrogens is 573 g/mol. The number of pyridine rings is 3. The SMILES string of the molecule is Cn1cc(C(F)(F)F)cc(Nc2nc3ncc(Oc4ccnc(NC(=O)COS(C)(=O)=O)c4)c(C#N)c3n2C)c1=O. The minimum Gasteiger partial charge on any atom is -0.454 e. The summed E-state index contributed by atoms with van der Waals surface area (Å²) in [7, 11) is -1.20. The average molecular weight is 593 g/mol. The molecule has 0 spiro atoms. The normalized spacial score (nSPS) is 11.7. The third-order valence-electron chi connectivity index (χ3n) is 5.36. The number of hydrogen-bond acceptors (Lipinski definition) is 11. The molecule has 41 heavy (non-hydrogen) atoms. The van der Waals surface area contributed by atoms with Crippen molar-refractivity contribution in [1.29, 1.82) is 5.26 Å². The number of aryl methyl sites for hydroxylation is 2. The average Bonchev–Trinajstić information content (AvgIpc) is 3.19. The van der Waals surface area contributed by atoms with E-state index in [-0.39, 0.29) is 40.0 Å². The van der Waals surface area contributed by atoms with Gasteiger partial charge >= 0.3 is 6.18 Å². The minimum absolute atomic E-state index is 0.00756. The molecule has 4 rings (SSSR count). The fourth-order valence-corrected chi connectivity index (χ4v) is 3.86. The van der Waals surface area contributed by atoms with E-state index in [1.807, 2.05) is 6.07 Å². The molecule has 4 aromatic rings. The van der Waals surface area contributed by atoms with Crippen molar-refractivity contribution in [3.8, 4) is 17.6 Å². The highest BCUT2D eigenvalue weighted by Gasteiger charge is 2.32. The van der Waals surface area contributed by atoms with E-state index in [9.17, 15) is 36.4 Å². The number of imidazole rings is 1. The number of ether oxygens (including phenoxy) is 1. The molecule has 1 amide bonds. The topological polar surface area (TPSA) is 183 Å². The molecule has 14 nitrogen and oxygen atoms in total. The summed E-state index contributed by atoms with van der Waals surface area (Å²) in [6, 6.07) is 5.34. The van der Waals surface area contributed by atoms with Crippen LogP contribution >= 0.6 is 0 Å². The van der Waals surface area contributed by atoms with Crippen LogP contribution in [0.25, 0.3) is 11.2 Å². The Morgan fingerprint density at radius 2 is 1.95 bits per heavy atom. The summed E-state index contributed by atoms with van der Waals surface area (Å²) < 4.78 is 74.2. The van der Waals surface area contributed by atoms with Crippen LogP contribution in [0, 0.1) is 11.3 Å². The zero-order valence-corrected chi connectivity index (χ0v) is 22.2. The Hall–Kier alpha value is -5.02. The number of aromatic nitrogens is 5. The van der Waals surface area contributed by atoms with Crippen LogP contribution in [-0.4, -0.2) is 51.3 Å². The molecule has 0 unspecified atom stereocenters. The van der Waals surface area contributed by atoms with Gasteiger partial charge in [0.1, 0.15) is 41.0 Å². The molecule has 0 radical (unpaired) electrons. The highest BCUT2D eigenvalue weighted by atomic mass is 32.2. The van der Waals surface area contributed by atoms with Crippen molar-refractivity contribution in [2.75, 3.05) is 23.5 Å². The zero-order chi connectivity index (χ0) is 30.1. The lowest BCUT2D eigenvalue weighted by Gasteiger charge is -2.12. The Bertz CT molecular complexity index is 1880. The smallest absolute Gasteiger partial charge is 0.417 e. The standard InChI is InChI=1S/C23H19F3N8O6S/c1-33-10-12(23(24,25)26)6-15(21(33)36)30-22-32-20-19(34(22)2)14(8-27)16(9-29-20)40-13-4-5-28-17(7-13)31-18(35)11-39-41(3,37)38/h4-7,9-10H,11H2,1-3H3,(H,28,31,35)(H,29,30,32). The van der Waals surface area contributed by atoms with Crippen molar-refractivity contribution < 1.29 is 35.3 Å². The predicted molar refractivity (Wildman–Crippen MR) is 137 cm³/mol. The third-order valence-corrected chi connectivity index (χ3v) is 5.91. The summed E-state index contributed by atoms with van der Waals surface area (Å²) in [6.07, 6.45) is -0.768. The lowest BCUT2D eigenvalue weighted by Crippen LogP contribution is -2.23. The lowest BCUT2D eigenvalue weighted by molar-refractivity contribution is -0.138. The maximum absolute atomic E-state index is 13.3. The van der Waals surface area contributed by atoms with E-state index in [4.69, 9.17) is 4.74 Å². The monoisotopic (exact) mass is 592 g/mol. The molecule has 0 aliphatic rings. The van der Waals surface area contributed by atoms with E-state index < -0.39 is 45.6 Å². The van der Waals surface area contributed by atoms with Crippen LogP contribution in [-0.2, 0) is 39.4 Å². The fraction of sp³-hybridized carbons (Fsp3) is 0.217. The molecule has 0 saturated heterocycles. The van der Waals surface area contributed by atoms with Gasteiger partial charge in [-0.1, -0.05) is 0 Å². The number of nitrogens with one attached hydrogen (secondary N) is 2. The van der Waals surface area contributed by atoms with Crippen molar-refractivity contribution >= 4 is 44.6 Å². The quantitative estimate of drug-likeness (QED) is 0.287. The van der Waals surface area contributed by atoms with E-state index in [0.717, 1.165) is 10.8 Å². The van der Waals surface area contributed by atoms with Crippen LogP contribution in [0.1, 0.15) is 11.1 Å². The summed E-state index contributed by atoms with van der Waals surface area (Å²) in [4.78, 5) is 36.7. The van der Waals surface area contributed by atoms with Gasteiger partial charge in [-0.2, -0.15) is 31.8 Å². The number of nitriles is 1. The van der Waals surface area contributed by atoms with Gasteiger partial charge in [0.25, 0.3) is 21.6 Å². The van der Waals surface area contributed by atoms with E-state index >= 15 is 0 Å². The minimum atomic E-state index is -4.70. The van der Waals surface area contributed by atoms with Gasteiger partial charge in [0.2, 0.25) is 5.95 Å². The Labute approximate surface area is 229 Å². The predicted octanol–water partition coefficient (Wildman–Crippen LogP) is 2.40. The number of fused-ring (bicyclic) bond motifs is 1. The van der Waals surface area contributed by atoms with Crippen molar-refractivity contribution in [1.82, 2.24) is 24.1 Å². The first-order valence-corrected chi connectivity index (χ1v) is 13.1. The Balaban J connectivity index is 1.63. The van der Waals surface area contributed by atoms with Crippen molar-refractivity contribution in [3.63, 3.8) is 0 Å². The van der Waals surface area contributed by atoms with Crippen LogP contribution in [0.15, 0.2) is 41.6 Å². The summed E-state index contributed by atoms with van der Waals surface area (Å²) in [5.41, 5.74) is -2.05. The third kappa shape index (κ3) is 6.59. The van der Waals surface area contributed by atoms with E-state index in [0.29, 0.717) is 12.3 Å². The Morgan fingerprint density at radius 1 is 1.22 bits per heavy atom. The second-order valence-corrected chi connectivity index (χ2v) is 10.1. The van der Waals surface area contributed by atoms with Gasteiger partial charge in [0.05, 0.1) is 18.0 Å². The number of carbonyl (C=O) groups is 1. The molecule has 18 heteroatoms. The van der Waals surface area contributed by atoms with Crippen LogP contribution in [0.3, 0.4) is 0 Å². The van der Waals surface area contributed by atoms with Crippen LogP contribution in [0.4, 0.5) is 30.6 Å². The maximum Gasteiger partial charge on any atom is 0.417 e. The molecule has 0 bridgehead atoms. The van der Waals surface area contributed by atoms with E-state index in [2.05, 4.69) is 29.8 Å². The largest absolute Gasteiger partial charge is 0.454 e. The van der Waals surface area contributed by atoms with Crippen LogP contribution < -0.4 is 20.9 Å². The van der Waals surface area contributed by atoms with Crippen molar-refractivity contribution in [2.45, 2.75) is 6.18 Å². The number of halogens is 3. The highest BCUT2D eigenvalue weighted by molar-refractivity contribution is 7.86. The lowest BCUT2D eigenvalue weighted by atomic mass is 10.2. The first-order valence-electron chi connectivity index (χ1n) is 11.2. The number of amides is 1. The zero-order valence-electron chi connectivity index (χ0n) is 21.3. The van der Waals surface area contributed by atoms with Crippen LogP contribution in [0.5, 0.6) is 11.5 Å². The Kier molecular flexibility index (Phi) is 7.68. The molecule has 4 heterocycles. The number of hydrogen-bond donors (Lipinski definition) is 2. The van der Waals surface area contributed by atoms with Gasteiger partial charge in [-0.05, 0) is 12.1 Å². The first kappa shape index (κ1) is 29.0. The number of anilines is 3.